The molecule has 0 amide bonds. The van der Waals surface area contributed by atoms with Gasteiger partial charge in [0.05, 0.1) is 6.10 Å². The first-order chi connectivity index (χ1) is 7.75. The van der Waals surface area contributed by atoms with Crippen LogP contribution in [-0.2, 0) is 6.42 Å². The minimum atomic E-state index is -0.313. The summed E-state index contributed by atoms with van der Waals surface area (Å²) in [5, 5.41) is 16.5. The van der Waals surface area contributed by atoms with Gasteiger partial charge in [0.25, 0.3) is 0 Å². The minimum absolute atomic E-state index is 0.313. The van der Waals surface area contributed by atoms with Gasteiger partial charge in [-0.1, -0.05) is 5.16 Å². The van der Waals surface area contributed by atoms with E-state index in [0.29, 0.717) is 24.7 Å². The molecular weight excluding hydrogens is 206 g/mol. The van der Waals surface area contributed by atoms with Gasteiger partial charge in [-0.25, -0.2) is 0 Å². The van der Waals surface area contributed by atoms with E-state index in [2.05, 4.69) is 15.5 Å². The molecule has 1 aromatic heterocycles. The highest BCUT2D eigenvalue weighted by atomic mass is 16.5. The Kier molecular flexibility index (Phi) is 3.90. The van der Waals surface area contributed by atoms with Gasteiger partial charge in [0, 0.05) is 18.9 Å². The SMILES string of the molecule is CC(O)CCc1nc(C2CCCNC2)no1. The van der Waals surface area contributed by atoms with Crippen LogP contribution in [0.4, 0.5) is 0 Å². The zero-order valence-electron chi connectivity index (χ0n) is 9.65. The maximum Gasteiger partial charge on any atom is 0.226 e. The van der Waals surface area contributed by atoms with Crippen LogP contribution in [0.1, 0.15) is 43.8 Å². The normalized spacial score (nSPS) is 23.2. The fourth-order valence-corrected chi connectivity index (χ4v) is 1.94. The molecule has 1 aromatic rings. The predicted molar refractivity (Wildman–Crippen MR) is 59.1 cm³/mol. The number of aliphatic hydroxyl groups is 1. The lowest BCUT2D eigenvalue weighted by Crippen LogP contribution is -2.28. The molecule has 0 aromatic carbocycles. The summed E-state index contributed by atoms with van der Waals surface area (Å²) in [5.41, 5.74) is 0. The number of piperidine rings is 1. The lowest BCUT2D eigenvalue weighted by Gasteiger charge is -2.19. The van der Waals surface area contributed by atoms with Gasteiger partial charge in [-0.05, 0) is 32.7 Å². The maximum atomic E-state index is 9.17. The van der Waals surface area contributed by atoms with E-state index in [1.165, 1.54) is 6.42 Å². The summed E-state index contributed by atoms with van der Waals surface area (Å²) in [6.07, 6.45) is 3.31. The molecule has 2 atom stereocenters. The molecule has 5 heteroatoms. The lowest BCUT2D eigenvalue weighted by atomic mass is 9.99. The number of aliphatic hydroxyl groups excluding tert-OH is 1. The summed E-state index contributed by atoms with van der Waals surface area (Å²) in [5.74, 6) is 1.84. The summed E-state index contributed by atoms with van der Waals surface area (Å²) in [6, 6.07) is 0. The summed E-state index contributed by atoms with van der Waals surface area (Å²) < 4.78 is 5.17. The van der Waals surface area contributed by atoms with Crippen LogP contribution in [0.3, 0.4) is 0 Å². The van der Waals surface area contributed by atoms with Crippen LogP contribution in [0.2, 0.25) is 0 Å². The zero-order chi connectivity index (χ0) is 11.4. The van der Waals surface area contributed by atoms with Crippen molar-refractivity contribution >= 4 is 0 Å². The average molecular weight is 225 g/mol. The highest BCUT2D eigenvalue weighted by Crippen LogP contribution is 2.20. The molecule has 2 heterocycles. The van der Waals surface area contributed by atoms with Gasteiger partial charge >= 0.3 is 0 Å². The van der Waals surface area contributed by atoms with Gasteiger partial charge in [0.2, 0.25) is 5.89 Å². The number of nitrogens with zero attached hydrogens (tertiary/aromatic N) is 2. The fourth-order valence-electron chi connectivity index (χ4n) is 1.94. The Hall–Kier alpha value is -0.940. The second-order valence-electron chi connectivity index (χ2n) is 4.48. The third-order valence-corrected chi connectivity index (χ3v) is 2.92. The van der Waals surface area contributed by atoms with E-state index in [1.54, 1.807) is 6.92 Å². The first-order valence-electron chi connectivity index (χ1n) is 5.97. The molecule has 0 aliphatic carbocycles. The second-order valence-corrected chi connectivity index (χ2v) is 4.48. The van der Waals surface area contributed by atoms with Crippen molar-refractivity contribution in [3.63, 3.8) is 0 Å². The summed E-state index contributed by atoms with van der Waals surface area (Å²) in [4.78, 5) is 4.38. The second kappa shape index (κ2) is 5.41. The van der Waals surface area contributed by atoms with Crippen molar-refractivity contribution in [2.24, 2.45) is 0 Å². The zero-order valence-corrected chi connectivity index (χ0v) is 9.65. The molecule has 16 heavy (non-hydrogen) atoms. The van der Waals surface area contributed by atoms with Gasteiger partial charge in [-0.15, -0.1) is 0 Å². The number of nitrogens with one attached hydrogen (secondary N) is 1. The minimum Gasteiger partial charge on any atom is -0.393 e. The highest BCUT2D eigenvalue weighted by Gasteiger charge is 2.20. The van der Waals surface area contributed by atoms with Crippen molar-refractivity contribution < 1.29 is 9.63 Å². The Balaban J connectivity index is 1.90. The topological polar surface area (TPSA) is 71.2 Å². The van der Waals surface area contributed by atoms with Gasteiger partial charge in [-0.3, -0.25) is 0 Å². The maximum absolute atomic E-state index is 9.17. The molecule has 1 aliphatic rings. The Bertz CT molecular complexity index is 319. The molecule has 1 fully saturated rings. The van der Waals surface area contributed by atoms with Crippen LogP contribution in [0.15, 0.2) is 4.52 Å². The van der Waals surface area contributed by atoms with Gasteiger partial charge in [-0.2, -0.15) is 4.98 Å². The number of aromatic nitrogens is 2. The van der Waals surface area contributed by atoms with E-state index in [4.69, 9.17) is 9.63 Å². The molecular formula is C11H19N3O2. The number of hydrogen-bond donors (Lipinski definition) is 2. The van der Waals surface area contributed by atoms with E-state index < -0.39 is 0 Å². The molecule has 0 saturated carbocycles. The van der Waals surface area contributed by atoms with Crippen molar-refractivity contribution in [2.45, 2.75) is 44.6 Å². The van der Waals surface area contributed by atoms with E-state index >= 15 is 0 Å². The molecule has 2 unspecified atom stereocenters. The summed E-state index contributed by atoms with van der Waals surface area (Å²) in [6.45, 7) is 3.79. The molecule has 2 N–H and O–H groups in total. The van der Waals surface area contributed by atoms with Crippen LogP contribution in [-0.4, -0.2) is 34.4 Å². The van der Waals surface area contributed by atoms with Crippen molar-refractivity contribution in [3.05, 3.63) is 11.7 Å². The Morgan fingerprint density at radius 3 is 3.19 bits per heavy atom. The Morgan fingerprint density at radius 1 is 1.62 bits per heavy atom. The first-order valence-corrected chi connectivity index (χ1v) is 5.97. The van der Waals surface area contributed by atoms with E-state index in [0.717, 1.165) is 25.3 Å². The largest absolute Gasteiger partial charge is 0.393 e. The van der Waals surface area contributed by atoms with Crippen LogP contribution in [0.5, 0.6) is 0 Å². The van der Waals surface area contributed by atoms with Crippen molar-refractivity contribution in [3.8, 4) is 0 Å². The monoisotopic (exact) mass is 225 g/mol. The lowest BCUT2D eigenvalue weighted by molar-refractivity contribution is 0.180. The third kappa shape index (κ3) is 3.02. The van der Waals surface area contributed by atoms with Gasteiger partial charge in [0.1, 0.15) is 0 Å². The van der Waals surface area contributed by atoms with Crippen molar-refractivity contribution in [1.82, 2.24) is 15.5 Å². The molecule has 0 radical (unpaired) electrons. The third-order valence-electron chi connectivity index (χ3n) is 2.92. The fraction of sp³-hybridized carbons (Fsp3) is 0.818. The standard InChI is InChI=1S/C11H19N3O2/c1-8(15)4-5-10-13-11(14-16-10)9-3-2-6-12-7-9/h8-9,12,15H,2-7H2,1H3. The van der Waals surface area contributed by atoms with E-state index in [9.17, 15) is 0 Å². The van der Waals surface area contributed by atoms with Crippen molar-refractivity contribution in [1.29, 1.82) is 0 Å². The van der Waals surface area contributed by atoms with Crippen molar-refractivity contribution in [2.75, 3.05) is 13.1 Å². The predicted octanol–water partition coefficient (Wildman–Crippen LogP) is 0.850. The summed E-state index contributed by atoms with van der Waals surface area (Å²) in [7, 11) is 0. The highest BCUT2D eigenvalue weighted by molar-refractivity contribution is 4.98. The average Bonchev–Trinajstić information content (AvgIpc) is 2.76. The molecule has 5 nitrogen and oxygen atoms in total. The molecule has 2 rings (SSSR count). The van der Waals surface area contributed by atoms with Crippen LogP contribution >= 0.6 is 0 Å². The molecule has 0 spiro atoms. The molecule has 1 aliphatic heterocycles. The number of rotatable bonds is 4. The quantitative estimate of drug-likeness (QED) is 0.795. The number of hydrogen-bond acceptors (Lipinski definition) is 5. The number of aryl methyl sites for hydroxylation is 1. The van der Waals surface area contributed by atoms with E-state index in [-0.39, 0.29) is 6.10 Å². The van der Waals surface area contributed by atoms with Crippen LogP contribution in [0.25, 0.3) is 0 Å². The smallest absolute Gasteiger partial charge is 0.226 e. The first kappa shape index (κ1) is 11.5. The molecule has 0 bridgehead atoms. The Morgan fingerprint density at radius 2 is 2.50 bits per heavy atom. The van der Waals surface area contributed by atoms with Crippen LogP contribution in [0, 0.1) is 0 Å². The van der Waals surface area contributed by atoms with Crippen LogP contribution < -0.4 is 5.32 Å². The van der Waals surface area contributed by atoms with E-state index in [1.807, 2.05) is 0 Å². The van der Waals surface area contributed by atoms with Gasteiger partial charge in [0.15, 0.2) is 5.82 Å². The molecule has 1 saturated heterocycles. The molecule has 90 valence electrons. The summed E-state index contributed by atoms with van der Waals surface area (Å²) >= 11 is 0. The Labute approximate surface area is 95.2 Å². The van der Waals surface area contributed by atoms with Gasteiger partial charge < -0.3 is 14.9 Å².